The average Bonchev–Trinajstić information content (AvgIpc) is 1.72. The molecule has 0 radical (unpaired) electrons. The summed E-state index contributed by atoms with van der Waals surface area (Å²) in [7, 11) is 0. The molecular formula is C67H75FN14O8S. The zero-order valence-corrected chi connectivity index (χ0v) is 52.3. The number of anilines is 1. The minimum atomic E-state index is -0.968. The number of halogens is 1. The Morgan fingerprint density at radius 2 is 1.77 bits per heavy atom. The lowest BCUT2D eigenvalue weighted by molar-refractivity contribution is -0.142. The van der Waals surface area contributed by atoms with Gasteiger partial charge in [0.05, 0.1) is 47.1 Å². The number of amides is 2. The molecule has 5 saturated heterocycles. The van der Waals surface area contributed by atoms with Crippen LogP contribution in [-0.4, -0.2) is 169 Å². The number of aliphatic hydroxyl groups excluding tert-OH is 1. The van der Waals surface area contributed by atoms with Crippen molar-refractivity contribution in [2.45, 2.75) is 122 Å². The van der Waals surface area contributed by atoms with Crippen molar-refractivity contribution < 1.29 is 38.0 Å². The number of nitrogens with zero attached hydrogens (tertiary/aromatic N) is 9. The van der Waals surface area contributed by atoms with Crippen molar-refractivity contribution in [3.8, 4) is 39.1 Å². The number of carbonyl (C=O) groups excluding carboxylic acids is 2. The Bertz CT molecular complexity index is 4340. The van der Waals surface area contributed by atoms with E-state index in [1.54, 1.807) is 30.7 Å². The first-order valence-electron chi connectivity index (χ1n) is 32.1. The molecule has 22 nitrogen and oxygen atoms in total. The van der Waals surface area contributed by atoms with Crippen molar-refractivity contribution in [1.29, 1.82) is 0 Å². The quantitative estimate of drug-likeness (QED) is 0.0456. The predicted molar refractivity (Wildman–Crippen MR) is 344 cm³/mol. The lowest BCUT2D eigenvalue weighted by atomic mass is 9.88. The number of aliphatic hydroxyl groups is 1. The maximum Gasteiger partial charge on any atom is 0.319 e. The first kappa shape index (κ1) is 59.2. The van der Waals surface area contributed by atoms with E-state index in [4.69, 9.17) is 34.0 Å². The van der Waals surface area contributed by atoms with Gasteiger partial charge < -0.3 is 54.8 Å². The molecular weight excluding hydrogens is 1180 g/mol. The minimum Gasteiger partial charge on any atom is -0.492 e. The maximum absolute atomic E-state index is 16.3. The van der Waals surface area contributed by atoms with Crippen LogP contribution in [0.4, 0.5) is 10.2 Å². The molecule has 6 aliphatic rings. The summed E-state index contributed by atoms with van der Waals surface area (Å²) in [6, 6.07) is 14.3. The molecule has 5 atom stereocenters. The van der Waals surface area contributed by atoms with Crippen LogP contribution in [0.15, 0.2) is 71.2 Å². The number of pyridine rings is 1. The Hall–Kier alpha value is -8.13. The highest BCUT2D eigenvalue weighted by atomic mass is 32.1. The summed E-state index contributed by atoms with van der Waals surface area (Å²) in [5, 5.41) is 36.3. The molecule has 1 aliphatic carbocycles. The van der Waals surface area contributed by atoms with Gasteiger partial charge in [-0.1, -0.05) is 38.1 Å². The highest BCUT2D eigenvalue weighted by Crippen LogP contribution is 2.54. The number of thiazole rings is 1. The molecule has 4 aromatic carbocycles. The minimum absolute atomic E-state index is 0.0358. The standard InChI is InChI=1S/C67H75FN14O8S/c1-35(2)60(66(86)81-31-44(83)24-54(81)64(84)71-27-41-9-8-40(62-37(4)72-34-91-62)22-55(41)88-20-17-79-15-13-69-14-16-79)82-32-50-46-10-5-38(21-52(46)74-65(85)59(50)78-82)33-89-61-57(56-36(3)51(68)26-53-49(56)29-73-77-53)47(39-6-7-39)25-48-58(61)75-67(90-45-11-18-87-19-12-45)76-63(48)80-30-42-23-43(80)28-70-42/h5,8-10,21-22,25-26,29,32,34-35,39,42-45,54,60,69-70,83H,6-7,11-20,23-24,27-28,30-31,33H2,1-4H3,(H,71,84)(H,73,77)(H,74,85)/t42-,43-,44+,54-,60-/m0/s1. The molecule has 5 aliphatic heterocycles. The van der Waals surface area contributed by atoms with Crippen LogP contribution in [0, 0.1) is 25.6 Å². The Morgan fingerprint density at radius 1 is 0.923 bits per heavy atom. The van der Waals surface area contributed by atoms with Gasteiger partial charge in [-0.3, -0.25) is 29.1 Å². The maximum atomic E-state index is 16.3. The van der Waals surface area contributed by atoms with Gasteiger partial charge in [0, 0.05) is 140 Å². The van der Waals surface area contributed by atoms with Gasteiger partial charge in [0.2, 0.25) is 11.8 Å². The predicted octanol–water partition coefficient (Wildman–Crippen LogP) is 7.57. The van der Waals surface area contributed by atoms with E-state index in [-0.39, 0.29) is 67.4 Å². The zero-order chi connectivity index (χ0) is 62.2. The van der Waals surface area contributed by atoms with Crippen LogP contribution in [0.3, 0.4) is 0 Å². The smallest absolute Gasteiger partial charge is 0.319 e. The SMILES string of the molecule is Cc1ncsc1-c1ccc(CNC(=O)[C@@H]2C[C@@H](O)CN2C(=O)[C@H](C(C)C)n2cc3c(n2)c(=O)[nH]c2cc(COc4c(-c5c(C)c(F)cc6[nH]ncc56)c(C5CC5)cc5c(N6C[C@@H]7C[C@H]6CN7)nc(OC6CCOCC6)nc45)ccc23)c(OCCN2CCNCC2)c1. The van der Waals surface area contributed by atoms with E-state index in [2.05, 4.69) is 52.0 Å². The number of H-pyrrole nitrogens is 2. The van der Waals surface area contributed by atoms with E-state index in [1.807, 2.05) is 62.7 Å². The first-order valence-corrected chi connectivity index (χ1v) is 32.9. The number of fused-ring (bicyclic) bond motifs is 7. The van der Waals surface area contributed by atoms with Crippen molar-refractivity contribution in [2.24, 2.45) is 5.92 Å². The lowest BCUT2D eigenvalue weighted by Gasteiger charge is -2.31. The van der Waals surface area contributed by atoms with Crippen LogP contribution in [0.25, 0.3) is 65.2 Å². The van der Waals surface area contributed by atoms with Crippen molar-refractivity contribution in [3.05, 3.63) is 111 Å². The highest BCUT2D eigenvalue weighted by molar-refractivity contribution is 7.13. The number of nitrogens with one attached hydrogen (secondary N) is 5. The van der Waals surface area contributed by atoms with Gasteiger partial charge in [-0.05, 0) is 91.5 Å². The molecule has 91 heavy (non-hydrogen) atoms. The summed E-state index contributed by atoms with van der Waals surface area (Å²) in [6.07, 6.45) is 6.75. The van der Waals surface area contributed by atoms with Crippen molar-refractivity contribution in [3.63, 3.8) is 0 Å². The number of likely N-dealkylation sites (tertiary alicyclic amines) is 1. The van der Waals surface area contributed by atoms with Crippen LogP contribution < -0.4 is 40.6 Å². The fourth-order valence-corrected chi connectivity index (χ4v) is 15.2. The number of piperazine rings is 2. The van der Waals surface area contributed by atoms with E-state index in [0.717, 1.165) is 120 Å². The molecule has 5 aromatic heterocycles. The summed E-state index contributed by atoms with van der Waals surface area (Å²) in [6.45, 7) is 15.4. The Morgan fingerprint density at radius 3 is 2.54 bits per heavy atom. The topological polar surface area (TPSA) is 255 Å². The second kappa shape index (κ2) is 24.5. The van der Waals surface area contributed by atoms with Crippen molar-refractivity contribution in [2.75, 3.05) is 77.1 Å². The molecule has 2 bridgehead atoms. The first-order chi connectivity index (χ1) is 44.3. The molecule has 1 saturated carbocycles. The summed E-state index contributed by atoms with van der Waals surface area (Å²) in [4.78, 5) is 68.9. The Labute approximate surface area is 528 Å². The number of aromatic nitrogens is 8. The third-order valence-electron chi connectivity index (χ3n) is 19.3. The molecule has 15 rings (SSSR count). The number of ether oxygens (including phenoxy) is 4. The molecule has 6 N–H and O–H groups in total. The monoisotopic (exact) mass is 1250 g/mol. The lowest BCUT2D eigenvalue weighted by Crippen LogP contribution is -2.49. The molecule has 10 heterocycles. The fraction of sp³-hybridized carbons (Fsp3) is 0.463. The van der Waals surface area contributed by atoms with Gasteiger partial charge in [0.1, 0.15) is 54.3 Å². The third kappa shape index (κ3) is 11.4. The molecule has 2 amide bonds. The van der Waals surface area contributed by atoms with Gasteiger partial charge in [-0.25, -0.2) is 9.37 Å². The third-order valence-corrected chi connectivity index (χ3v) is 20.3. The number of hydrogen-bond donors (Lipinski definition) is 6. The second-order valence-electron chi connectivity index (χ2n) is 25.8. The second-order valence-corrected chi connectivity index (χ2v) is 26.6. The number of carbonyl (C=O) groups is 2. The van der Waals surface area contributed by atoms with Crippen molar-refractivity contribution >= 4 is 72.6 Å². The number of hydrogen-bond acceptors (Lipinski definition) is 18. The van der Waals surface area contributed by atoms with Gasteiger partial charge >= 0.3 is 6.01 Å². The van der Waals surface area contributed by atoms with Crippen LogP contribution >= 0.6 is 11.3 Å². The van der Waals surface area contributed by atoms with E-state index >= 15 is 9.18 Å². The largest absolute Gasteiger partial charge is 0.492 e. The van der Waals surface area contributed by atoms with Gasteiger partial charge in [-0.15, -0.1) is 11.3 Å². The number of aromatic amines is 2. The molecule has 474 valence electrons. The normalized spacial score (nSPS) is 20.9. The molecule has 6 fully saturated rings. The summed E-state index contributed by atoms with van der Waals surface area (Å²) in [5.41, 5.74) is 9.48. The van der Waals surface area contributed by atoms with E-state index < -0.39 is 35.6 Å². The van der Waals surface area contributed by atoms with Crippen LogP contribution in [0.5, 0.6) is 17.5 Å². The fourth-order valence-electron chi connectivity index (χ4n) is 14.4. The van der Waals surface area contributed by atoms with E-state index in [9.17, 15) is 14.7 Å². The van der Waals surface area contributed by atoms with Crippen LogP contribution in [0.1, 0.15) is 92.3 Å². The molecule has 0 spiro atoms. The summed E-state index contributed by atoms with van der Waals surface area (Å²) < 4.78 is 43.9. The number of rotatable bonds is 19. The molecule has 24 heteroatoms. The summed E-state index contributed by atoms with van der Waals surface area (Å²) in [5.74, 6) is 0.584. The molecule has 0 unspecified atom stereocenters. The van der Waals surface area contributed by atoms with Crippen molar-refractivity contribution in [1.82, 2.24) is 65.7 Å². The average molecular weight is 1260 g/mol. The van der Waals surface area contributed by atoms with E-state index in [1.165, 1.54) is 15.6 Å². The number of aryl methyl sites for hydroxylation is 1. The highest BCUT2D eigenvalue weighted by Gasteiger charge is 2.44. The summed E-state index contributed by atoms with van der Waals surface area (Å²) >= 11 is 1.56. The van der Waals surface area contributed by atoms with Gasteiger partial charge in [0.15, 0.2) is 11.3 Å². The van der Waals surface area contributed by atoms with Gasteiger partial charge in [0.25, 0.3) is 5.56 Å². The number of benzene rings is 4. The zero-order valence-electron chi connectivity index (χ0n) is 51.5. The Kier molecular flexibility index (Phi) is 15.9. The van der Waals surface area contributed by atoms with Crippen LogP contribution in [-0.2, 0) is 27.5 Å². The molecule has 9 aromatic rings. The van der Waals surface area contributed by atoms with Crippen LogP contribution in [0.2, 0.25) is 0 Å². The van der Waals surface area contributed by atoms with Gasteiger partial charge in [-0.2, -0.15) is 20.2 Å². The van der Waals surface area contributed by atoms with E-state index in [0.29, 0.717) is 88.7 Å². The Balaban J connectivity index is 0.730. The number of β-amino-alcohol motifs (C(OH)–C–C–N with tert-alkyl or cyclic N) is 1.